The molecule has 11 nitrogen and oxygen atoms in total. The number of carboxylic acids is 2. The van der Waals surface area contributed by atoms with Crippen molar-refractivity contribution in [3.63, 3.8) is 0 Å². The number of aliphatic carboxylic acids is 2. The molecule has 0 aromatic carbocycles. The first-order valence-electron chi connectivity index (χ1n) is 12.3. The first-order valence-corrected chi connectivity index (χ1v) is 12.3. The Balaban J connectivity index is 0.000000333. The van der Waals surface area contributed by atoms with E-state index in [1.807, 2.05) is 19.1 Å². The Bertz CT molecular complexity index is 977. The zero-order valence-electron chi connectivity index (χ0n) is 21.7. The van der Waals surface area contributed by atoms with Gasteiger partial charge in [-0.2, -0.15) is 31.4 Å². The van der Waals surface area contributed by atoms with Crippen LogP contribution in [0, 0.1) is 12.8 Å². The van der Waals surface area contributed by atoms with Crippen LogP contribution in [0.2, 0.25) is 0 Å². The van der Waals surface area contributed by atoms with E-state index in [0.717, 1.165) is 63.4 Å². The van der Waals surface area contributed by atoms with Crippen molar-refractivity contribution in [1.29, 1.82) is 0 Å². The van der Waals surface area contributed by atoms with Gasteiger partial charge in [0.15, 0.2) is 5.82 Å². The van der Waals surface area contributed by atoms with Crippen LogP contribution in [0.3, 0.4) is 0 Å². The third kappa shape index (κ3) is 10.4. The number of alkyl halides is 6. The highest BCUT2D eigenvalue weighted by atomic mass is 19.4. The van der Waals surface area contributed by atoms with Gasteiger partial charge in [-0.25, -0.2) is 9.59 Å². The molecular formula is C23H31F6N5O6. The van der Waals surface area contributed by atoms with Crippen LogP contribution in [-0.4, -0.2) is 107 Å². The molecule has 1 aromatic rings. The van der Waals surface area contributed by atoms with Gasteiger partial charge in [-0.3, -0.25) is 4.79 Å². The second kappa shape index (κ2) is 13.9. The smallest absolute Gasteiger partial charge is 0.475 e. The van der Waals surface area contributed by atoms with Gasteiger partial charge < -0.3 is 30.1 Å². The Labute approximate surface area is 225 Å². The van der Waals surface area contributed by atoms with Gasteiger partial charge in [0.05, 0.1) is 11.8 Å². The van der Waals surface area contributed by atoms with Crippen molar-refractivity contribution in [2.45, 2.75) is 63.2 Å². The van der Waals surface area contributed by atoms with E-state index in [0.29, 0.717) is 12.0 Å². The summed E-state index contributed by atoms with van der Waals surface area (Å²) in [6, 6.07) is 4.30. The van der Waals surface area contributed by atoms with Crippen LogP contribution in [0.5, 0.6) is 0 Å². The first-order chi connectivity index (χ1) is 18.5. The zero-order valence-corrected chi connectivity index (χ0v) is 21.7. The number of amides is 1. The lowest BCUT2D eigenvalue weighted by molar-refractivity contribution is -0.193. The SMILES string of the molecule is Cc1ccc(N2CC[C@H]3C[C@H](C(=O)NC4CCN(C)CC4)O[C@@H]3C2)nn1.O=C(O)C(F)(F)F.O=C(O)C(F)(F)F. The van der Waals surface area contributed by atoms with Gasteiger partial charge in [-0.1, -0.05) is 0 Å². The van der Waals surface area contributed by atoms with E-state index in [4.69, 9.17) is 24.5 Å². The number of fused-ring (bicyclic) bond motifs is 1. The van der Waals surface area contributed by atoms with Gasteiger partial charge in [-0.05, 0) is 70.8 Å². The fourth-order valence-electron chi connectivity index (χ4n) is 4.31. The third-order valence-corrected chi connectivity index (χ3v) is 6.50. The number of nitrogens with one attached hydrogen (secondary N) is 1. The lowest BCUT2D eigenvalue weighted by atomic mass is 9.91. The summed E-state index contributed by atoms with van der Waals surface area (Å²) < 4.78 is 69.6. The van der Waals surface area contributed by atoms with E-state index in [1.54, 1.807) is 0 Å². The van der Waals surface area contributed by atoms with Crippen molar-refractivity contribution in [3.05, 3.63) is 17.8 Å². The zero-order chi connectivity index (χ0) is 30.3. The number of carbonyl (C=O) groups is 3. The maximum Gasteiger partial charge on any atom is 0.490 e. The molecule has 0 radical (unpaired) electrons. The van der Waals surface area contributed by atoms with Crippen LogP contribution in [0.1, 0.15) is 31.4 Å². The van der Waals surface area contributed by atoms with Gasteiger partial charge in [0, 0.05) is 19.1 Å². The molecule has 17 heteroatoms. The molecule has 226 valence electrons. The van der Waals surface area contributed by atoms with Gasteiger partial charge >= 0.3 is 24.3 Å². The number of piperidine rings is 2. The van der Waals surface area contributed by atoms with Gasteiger partial charge in [0.25, 0.3) is 0 Å². The highest BCUT2D eigenvalue weighted by Crippen LogP contribution is 2.34. The molecule has 3 aliphatic rings. The number of hydrogen-bond acceptors (Lipinski definition) is 8. The van der Waals surface area contributed by atoms with Crippen LogP contribution in [0.15, 0.2) is 12.1 Å². The van der Waals surface area contributed by atoms with E-state index < -0.39 is 24.3 Å². The largest absolute Gasteiger partial charge is 0.490 e. The van der Waals surface area contributed by atoms with E-state index in [1.165, 1.54) is 0 Å². The Hall–Kier alpha value is -3.21. The average molecular weight is 588 g/mol. The number of carbonyl (C=O) groups excluding carboxylic acids is 1. The fraction of sp³-hybridized carbons (Fsp3) is 0.696. The molecule has 1 amide bonds. The van der Waals surface area contributed by atoms with Gasteiger partial charge in [-0.15, -0.1) is 5.10 Å². The summed E-state index contributed by atoms with van der Waals surface area (Å²) in [7, 11) is 2.13. The Morgan fingerprint density at radius 2 is 1.50 bits per heavy atom. The minimum absolute atomic E-state index is 0.0793. The van der Waals surface area contributed by atoms with Gasteiger partial charge in [0.1, 0.15) is 6.10 Å². The van der Waals surface area contributed by atoms with Crippen LogP contribution in [0.4, 0.5) is 32.2 Å². The quantitative estimate of drug-likeness (QED) is 0.451. The molecule has 4 heterocycles. The highest BCUT2D eigenvalue weighted by Gasteiger charge is 2.43. The topological polar surface area (TPSA) is 145 Å². The number of hydrogen-bond donors (Lipinski definition) is 3. The monoisotopic (exact) mass is 587 g/mol. The number of ether oxygens (including phenoxy) is 1. The predicted molar refractivity (Wildman–Crippen MR) is 126 cm³/mol. The van der Waals surface area contributed by atoms with Crippen molar-refractivity contribution in [2.75, 3.05) is 38.1 Å². The normalized spacial score (nSPS) is 23.6. The van der Waals surface area contributed by atoms with E-state index in [-0.39, 0.29) is 18.1 Å². The summed E-state index contributed by atoms with van der Waals surface area (Å²) in [6.45, 7) is 5.78. The third-order valence-electron chi connectivity index (χ3n) is 6.50. The molecule has 0 aliphatic carbocycles. The fourth-order valence-corrected chi connectivity index (χ4v) is 4.31. The number of carboxylic acid groups (broad SMARTS) is 2. The summed E-state index contributed by atoms with van der Waals surface area (Å²) in [4.78, 5) is 35.0. The maximum absolute atomic E-state index is 12.6. The highest BCUT2D eigenvalue weighted by molar-refractivity contribution is 5.81. The molecule has 0 spiro atoms. The summed E-state index contributed by atoms with van der Waals surface area (Å²) in [6.07, 6.45) is -6.41. The summed E-state index contributed by atoms with van der Waals surface area (Å²) >= 11 is 0. The minimum Gasteiger partial charge on any atom is -0.475 e. The lowest BCUT2D eigenvalue weighted by Gasteiger charge is -2.34. The molecule has 3 saturated heterocycles. The van der Waals surface area contributed by atoms with Crippen LogP contribution in [0.25, 0.3) is 0 Å². The number of likely N-dealkylation sites (tertiary alicyclic amines) is 1. The molecule has 40 heavy (non-hydrogen) atoms. The maximum atomic E-state index is 12.6. The van der Waals surface area contributed by atoms with Crippen LogP contribution < -0.4 is 10.2 Å². The number of rotatable bonds is 3. The lowest BCUT2D eigenvalue weighted by Crippen LogP contribution is -2.47. The van der Waals surface area contributed by atoms with Crippen molar-refractivity contribution < 1.29 is 55.7 Å². The summed E-state index contributed by atoms with van der Waals surface area (Å²) in [5.41, 5.74) is 0.923. The van der Waals surface area contributed by atoms with Crippen LogP contribution >= 0.6 is 0 Å². The molecule has 4 rings (SSSR count). The minimum atomic E-state index is -5.08. The molecule has 1 aromatic heterocycles. The van der Waals surface area contributed by atoms with Crippen molar-refractivity contribution in [1.82, 2.24) is 20.4 Å². The molecule has 3 aliphatic heterocycles. The second-order valence-corrected chi connectivity index (χ2v) is 9.62. The van der Waals surface area contributed by atoms with E-state index in [9.17, 15) is 31.1 Å². The number of aromatic nitrogens is 2. The summed E-state index contributed by atoms with van der Waals surface area (Å²) in [5.74, 6) is -4.06. The number of halogens is 6. The molecule has 0 unspecified atom stereocenters. The molecule has 0 saturated carbocycles. The number of nitrogens with zero attached hydrogens (tertiary/aromatic N) is 4. The Kier molecular flexibility index (Phi) is 11.5. The van der Waals surface area contributed by atoms with Crippen molar-refractivity contribution >= 4 is 23.7 Å². The second-order valence-electron chi connectivity index (χ2n) is 9.62. The summed E-state index contributed by atoms with van der Waals surface area (Å²) in [5, 5.41) is 25.9. The first kappa shape index (κ1) is 33.0. The average Bonchev–Trinajstić information content (AvgIpc) is 3.29. The van der Waals surface area contributed by atoms with Crippen LogP contribution in [-0.2, 0) is 19.1 Å². The molecule has 3 fully saturated rings. The van der Waals surface area contributed by atoms with Gasteiger partial charge in [0.2, 0.25) is 5.91 Å². The molecule has 3 N–H and O–H groups in total. The predicted octanol–water partition coefficient (Wildman–Crippen LogP) is 2.25. The molecular weight excluding hydrogens is 556 g/mol. The van der Waals surface area contributed by atoms with Crippen molar-refractivity contribution in [3.8, 4) is 0 Å². The van der Waals surface area contributed by atoms with E-state index in [2.05, 4.69) is 32.4 Å². The number of aryl methyl sites for hydroxylation is 1. The Morgan fingerprint density at radius 3 is 1.98 bits per heavy atom. The molecule has 3 atom stereocenters. The van der Waals surface area contributed by atoms with E-state index >= 15 is 0 Å². The van der Waals surface area contributed by atoms with Crippen molar-refractivity contribution in [2.24, 2.45) is 5.92 Å². The molecule has 0 bridgehead atoms. The number of anilines is 1. The standard InChI is InChI=1S/C19H29N5O2.2C2HF3O2/c1-13-3-4-18(22-21-13)24-10-5-14-11-16(26-17(14)12-24)19(25)20-15-6-8-23(2)9-7-15;2*3-2(4,5)1(6)7/h3-4,14-17H,5-12H2,1-2H3,(H,20,25);2*(H,6,7)/t14-,16+,17+;;/m0../s1. The Morgan fingerprint density at radius 1 is 0.950 bits per heavy atom.